The maximum atomic E-state index is 12.1. The minimum Gasteiger partial charge on any atom is -0.481 e. The summed E-state index contributed by atoms with van der Waals surface area (Å²) < 4.78 is 5.34. The Kier molecular flexibility index (Phi) is 3.37. The van der Waals surface area contributed by atoms with Crippen molar-refractivity contribution in [2.45, 2.75) is 12.5 Å². The zero-order valence-electron chi connectivity index (χ0n) is 9.91. The molecule has 19 heavy (non-hydrogen) atoms. The van der Waals surface area contributed by atoms with Crippen molar-refractivity contribution in [2.75, 3.05) is 11.4 Å². The van der Waals surface area contributed by atoms with Gasteiger partial charge in [0.05, 0.1) is 12.1 Å². The first-order valence-electron chi connectivity index (χ1n) is 5.56. The fraction of sp³-hybridized carbons (Fsp3) is 0.250. The number of nitrogens with two attached hydrogens (primary N) is 1. The number of hydrogen-bond acceptors (Lipinski definition) is 4. The Bertz CT molecular complexity index is 543. The molecule has 1 unspecified atom stereocenters. The van der Waals surface area contributed by atoms with Gasteiger partial charge in [-0.1, -0.05) is 12.1 Å². The molecule has 2 amide bonds. The third-order valence-corrected chi connectivity index (χ3v) is 2.64. The average molecular weight is 264 g/mol. The highest BCUT2D eigenvalue weighted by Gasteiger charge is 2.36. The predicted octanol–water partition coefficient (Wildman–Crippen LogP) is -0.259. The van der Waals surface area contributed by atoms with Crippen LogP contribution in [-0.4, -0.2) is 35.5 Å². The van der Waals surface area contributed by atoms with E-state index in [1.807, 2.05) is 0 Å². The number of ether oxygens (including phenoxy) is 1. The van der Waals surface area contributed by atoms with E-state index >= 15 is 0 Å². The first-order chi connectivity index (χ1) is 8.99. The molecular weight excluding hydrogens is 252 g/mol. The van der Waals surface area contributed by atoms with Gasteiger partial charge in [0, 0.05) is 0 Å². The summed E-state index contributed by atoms with van der Waals surface area (Å²) in [5.41, 5.74) is 5.51. The zero-order valence-corrected chi connectivity index (χ0v) is 9.91. The average Bonchev–Trinajstić information content (AvgIpc) is 2.33. The van der Waals surface area contributed by atoms with Crippen molar-refractivity contribution in [3.63, 3.8) is 0 Å². The number of amides is 2. The van der Waals surface area contributed by atoms with Crippen molar-refractivity contribution in [1.29, 1.82) is 0 Å². The van der Waals surface area contributed by atoms with Crippen LogP contribution >= 0.6 is 0 Å². The molecule has 2 rings (SSSR count). The number of carbonyl (C=O) groups is 3. The van der Waals surface area contributed by atoms with Gasteiger partial charge < -0.3 is 15.6 Å². The topological polar surface area (TPSA) is 110 Å². The molecule has 0 saturated carbocycles. The number of carbonyl (C=O) groups excluding carboxylic acids is 2. The number of hydrogen-bond donors (Lipinski definition) is 2. The minimum atomic E-state index is -1.16. The highest BCUT2D eigenvalue weighted by Crippen LogP contribution is 2.34. The van der Waals surface area contributed by atoms with E-state index in [-0.39, 0.29) is 6.54 Å². The summed E-state index contributed by atoms with van der Waals surface area (Å²) in [6, 6.07) is 6.58. The van der Waals surface area contributed by atoms with Crippen LogP contribution in [0, 0.1) is 0 Å². The summed E-state index contributed by atoms with van der Waals surface area (Å²) in [6.45, 7) is -0.310. The molecule has 0 spiro atoms. The third kappa shape index (κ3) is 2.65. The first kappa shape index (κ1) is 12.9. The van der Waals surface area contributed by atoms with Gasteiger partial charge in [-0.05, 0) is 12.1 Å². The number of para-hydroxylation sites is 2. The minimum absolute atomic E-state index is 0.310. The van der Waals surface area contributed by atoms with E-state index in [4.69, 9.17) is 15.6 Å². The van der Waals surface area contributed by atoms with Crippen molar-refractivity contribution in [2.24, 2.45) is 5.73 Å². The lowest BCUT2D eigenvalue weighted by atomic mass is 10.1. The summed E-state index contributed by atoms with van der Waals surface area (Å²) >= 11 is 0. The Morgan fingerprint density at radius 2 is 2.05 bits per heavy atom. The number of aliphatic carboxylic acids is 1. The number of rotatable bonds is 4. The largest absolute Gasteiger partial charge is 0.481 e. The van der Waals surface area contributed by atoms with Crippen LogP contribution in [0.1, 0.15) is 6.42 Å². The SMILES string of the molecule is NC(=O)CN1C(=O)C(CC(=O)O)Oc2ccccc21. The number of nitrogens with zero attached hydrogens (tertiary/aromatic N) is 1. The molecule has 0 radical (unpaired) electrons. The molecule has 0 aromatic heterocycles. The molecule has 0 bridgehead atoms. The second-order valence-corrected chi connectivity index (χ2v) is 4.06. The van der Waals surface area contributed by atoms with Crippen molar-refractivity contribution in [3.8, 4) is 5.75 Å². The number of primary amides is 1. The lowest BCUT2D eigenvalue weighted by molar-refractivity contribution is -0.142. The molecule has 7 heteroatoms. The van der Waals surface area contributed by atoms with Gasteiger partial charge in [-0.25, -0.2) is 0 Å². The molecular formula is C12H12N2O5. The van der Waals surface area contributed by atoms with Gasteiger partial charge in [-0.3, -0.25) is 19.3 Å². The van der Waals surface area contributed by atoms with Crippen LogP contribution in [0.4, 0.5) is 5.69 Å². The number of fused-ring (bicyclic) bond motifs is 1. The lowest BCUT2D eigenvalue weighted by Gasteiger charge is -2.33. The Hall–Kier alpha value is -2.57. The maximum absolute atomic E-state index is 12.1. The van der Waals surface area contributed by atoms with Gasteiger partial charge in [0.15, 0.2) is 6.10 Å². The van der Waals surface area contributed by atoms with E-state index in [0.29, 0.717) is 11.4 Å². The molecule has 0 aliphatic carbocycles. The van der Waals surface area contributed by atoms with E-state index in [1.165, 1.54) is 0 Å². The van der Waals surface area contributed by atoms with Crippen LogP contribution in [0.3, 0.4) is 0 Å². The van der Waals surface area contributed by atoms with E-state index in [2.05, 4.69) is 0 Å². The molecule has 1 aromatic rings. The third-order valence-electron chi connectivity index (χ3n) is 2.64. The van der Waals surface area contributed by atoms with Crippen LogP contribution in [0.15, 0.2) is 24.3 Å². The molecule has 0 saturated heterocycles. The zero-order chi connectivity index (χ0) is 14.0. The molecule has 3 N–H and O–H groups in total. The van der Waals surface area contributed by atoms with Gasteiger partial charge in [-0.2, -0.15) is 0 Å². The Labute approximate surface area is 108 Å². The summed E-state index contributed by atoms with van der Waals surface area (Å²) in [5, 5.41) is 8.76. The molecule has 1 atom stereocenters. The molecule has 7 nitrogen and oxygen atoms in total. The number of carboxylic acid groups (broad SMARTS) is 1. The van der Waals surface area contributed by atoms with Gasteiger partial charge in [0.2, 0.25) is 5.91 Å². The van der Waals surface area contributed by atoms with Gasteiger partial charge in [0.1, 0.15) is 12.3 Å². The standard InChI is InChI=1S/C12H12N2O5/c13-10(15)6-14-7-3-1-2-4-8(7)19-9(12(14)18)5-11(16)17/h1-4,9H,5-6H2,(H2,13,15)(H,16,17). The summed E-state index contributed by atoms with van der Waals surface area (Å²) in [7, 11) is 0. The Morgan fingerprint density at radius 3 is 2.68 bits per heavy atom. The number of carboxylic acids is 1. The van der Waals surface area contributed by atoms with Gasteiger partial charge in [0.25, 0.3) is 5.91 Å². The highest BCUT2D eigenvalue weighted by molar-refractivity contribution is 6.04. The van der Waals surface area contributed by atoms with Crippen molar-refractivity contribution < 1.29 is 24.2 Å². The van der Waals surface area contributed by atoms with Crippen molar-refractivity contribution in [1.82, 2.24) is 0 Å². The van der Waals surface area contributed by atoms with Crippen LogP contribution in [0.5, 0.6) is 5.75 Å². The summed E-state index contributed by atoms with van der Waals surface area (Å²) in [6.07, 6.45) is -1.62. The van der Waals surface area contributed by atoms with Gasteiger partial charge >= 0.3 is 5.97 Å². The van der Waals surface area contributed by atoms with E-state index < -0.39 is 30.3 Å². The molecule has 1 aliphatic heterocycles. The van der Waals surface area contributed by atoms with Crippen molar-refractivity contribution >= 4 is 23.5 Å². The highest BCUT2D eigenvalue weighted by atomic mass is 16.5. The Balaban J connectivity index is 2.36. The first-order valence-corrected chi connectivity index (χ1v) is 5.56. The monoisotopic (exact) mass is 264 g/mol. The quantitative estimate of drug-likeness (QED) is 0.778. The van der Waals surface area contributed by atoms with Crippen molar-refractivity contribution in [3.05, 3.63) is 24.3 Å². The molecule has 100 valence electrons. The van der Waals surface area contributed by atoms with Crippen LogP contribution < -0.4 is 15.4 Å². The van der Waals surface area contributed by atoms with Crippen LogP contribution in [0.25, 0.3) is 0 Å². The van der Waals surface area contributed by atoms with Crippen LogP contribution in [0.2, 0.25) is 0 Å². The maximum Gasteiger partial charge on any atom is 0.307 e. The number of benzene rings is 1. The smallest absolute Gasteiger partial charge is 0.307 e. The number of anilines is 1. The second kappa shape index (κ2) is 4.97. The molecule has 1 aromatic carbocycles. The molecule has 1 aliphatic rings. The Morgan fingerprint density at radius 1 is 1.37 bits per heavy atom. The predicted molar refractivity (Wildman–Crippen MR) is 64.7 cm³/mol. The lowest BCUT2D eigenvalue weighted by Crippen LogP contribution is -2.49. The fourth-order valence-electron chi connectivity index (χ4n) is 1.88. The van der Waals surface area contributed by atoms with Gasteiger partial charge in [-0.15, -0.1) is 0 Å². The fourth-order valence-corrected chi connectivity index (χ4v) is 1.88. The van der Waals surface area contributed by atoms with E-state index in [9.17, 15) is 14.4 Å². The van der Waals surface area contributed by atoms with E-state index in [1.54, 1.807) is 24.3 Å². The van der Waals surface area contributed by atoms with E-state index in [0.717, 1.165) is 4.90 Å². The summed E-state index contributed by atoms with van der Waals surface area (Å²) in [4.78, 5) is 35.0. The molecule has 1 heterocycles. The van der Waals surface area contributed by atoms with Crippen LogP contribution in [-0.2, 0) is 14.4 Å². The normalized spacial score (nSPS) is 17.6. The second-order valence-electron chi connectivity index (χ2n) is 4.06. The summed E-state index contributed by atoms with van der Waals surface area (Å²) in [5.74, 6) is -2.06. The molecule has 0 fully saturated rings.